The number of hydrogen-bond acceptors (Lipinski definition) is 3. The van der Waals surface area contributed by atoms with Crippen LogP contribution in [0.3, 0.4) is 0 Å². The molecule has 1 aromatic carbocycles. The average molecular weight is 221 g/mol. The van der Waals surface area contributed by atoms with Crippen molar-refractivity contribution in [1.82, 2.24) is 0 Å². The van der Waals surface area contributed by atoms with Crippen molar-refractivity contribution in [2.45, 2.75) is 13.0 Å². The zero-order chi connectivity index (χ0) is 11.5. The molecule has 0 radical (unpaired) electrons. The lowest BCUT2D eigenvalue weighted by molar-refractivity contribution is -0.135. The number of hydrogen-bond donors (Lipinski definition) is 1. The molecule has 0 aromatic heterocycles. The number of fused-ring (bicyclic) bond motifs is 1. The van der Waals surface area contributed by atoms with Crippen molar-refractivity contribution in [3.8, 4) is 0 Å². The zero-order valence-electron chi connectivity index (χ0n) is 9.27. The standard InChI is InChI=1S/C12H15NO3/c1-16-8-9-2-3-10-4-5-13(7-12(14)15)11(10)6-9/h2-3,6H,4-5,7-8H2,1H3,(H,14,15). The second kappa shape index (κ2) is 4.53. The van der Waals surface area contributed by atoms with Gasteiger partial charge in [0.2, 0.25) is 0 Å². The molecule has 86 valence electrons. The molecule has 0 atom stereocenters. The highest BCUT2D eigenvalue weighted by Gasteiger charge is 2.20. The third kappa shape index (κ3) is 2.17. The van der Waals surface area contributed by atoms with Gasteiger partial charge in [-0.15, -0.1) is 0 Å². The topological polar surface area (TPSA) is 49.8 Å². The first-order valence-corrected chi connectivity index (χ1v) is 5.28. The first kappa shape index (κ1) is 11.0. The Bertz CT molecular complexity index is 403. The monoisotopic (exact) mass is 221 g/mol. The fourth-order valence-corrected chi connectivity index (χ4v) is 2.08. The Kier molecular flexibility index (Phi) is 3.10. The Labute approximate surface area is 94.4 Å². The number of carbonyl (C=O) groups is 1. The summed E-state index contributed by atoms with van der Waals surface area (Å²) in [4.78, 5) is 12.6. The molecule has 1 N–H and O–H groups in total. The number of aliphatic carboxylic acids is 1. The summed E-state index contributed by atoms with van der Waals surface area (Å²) < 4.78 is 5.07. The van der Waals surface area contributed by atoms with Crippen molar-refractivity contribution in [3.05, 3.63) is 29.3 Å². The van der Waals surface area contributed by atoms with Gasteiger partial charge in [0, 0.05) is 19.3 Å². The minimum absolute atomic E-state index is 0.0729. The Morgan fingerprint density at radius 1 is 1.56 bits per heavy atom. The smallest absolute Gasteiger partial charge is 0.323 e. The van der Waals surface area contributed by atoms with E-state index in [1.807, 2.05) is 17.0 Å². The van der Waals surface area contributed by atoms with Crippen molar-refractivity contribution >= 4 is 11.7 Å². The molecule has 16 heavy (non-hydrogen) atoms. The maximum Gasteiger partial charge on any atom is 0.323 e. The van der Waals surface area contributed by atoms with Gasteiger partial charge in [-0.05, 0) is 23.6 Å². The Morgan fingerprint density at radius 3 is 3.06 bits per heavy atom. The number of nitrogens with zero attached hydrogens (tertiary/aromatic N) is 1. The van der Waals surface area contributed by atoms with Crippen LogP contribution in [-0.4, -0.2) is 31.3 Å². The van der Waals surface area contributed by atoms with Crippen LogP contribution < -0.4 is 4.90 Å². The van der Waals surface area contributed by atoms with Crippen molar-refractivity contribution in [2.24, 2.45) is 0 Å². The molecule has 4 nitrogen and oxygen atoms in total. The van der Waals surface area contributed by atoms with Gasteiger partial charge in [-0.1, -0.05) is 12.1 Å². The molecular formula is C12H15NO3. The van der Waals surface area contributed by atoms with Crippen LogP contribution in [0.4, 0.5) is 5.69 Å². The lowest BCUT2D eigenvalue weighted by Gasteiger charge is -2.17. The van der Waals surface area contributed by atoms with E-state index in [0.29, 0.717) is 6.61 Å². The highest BCUT2D eigenvalue weighted by Crippen LogP contribution is 2.28. The summed E-state index contributed by atoms with van der Waals surface area (Å²) in [6, 6.07) is 6.12. The lowest BCUT2D eigenvalue weighted by Crippen LogP contribution is -2.27. The van der Waals surface area contributed by atoms with E-state index in [1.54, 1.807) is 7.11 Å². The largest absolute Gasteiger partial charge is 0.480 e. The van der Waals surface area contributed by atoms with E-state index in [0.717, 1.165) is 24.2 Å². The van der Waals surface area contributed by atoms with Gasteiger partial charge in [0.05, 0.1) is 6.61 Å². The van der Waals surface area contributed by atoms with Gasteiger partial charge in [0.1, 0.15) is 6.54 Å². The van der Waals surface area contributed by atoms with Crippen molar-refractivity contribution in [1.29, 1.82) is 0 Å². The highest BCUT2D eigenvalue weighted by atomic mass is 16.5. The molecule has 1 aromatic rings. The molecule has 1 aliphatic heterocycles. The molecule has 1 heterocycles. The second-order valence-electron chi connectivity index (χ2n) is 3.96. The molecule has 0 fully saturated rings. The third-order valence-corrected chi connectivity index (χ3v) is 2.78. The average Bonchev–Trinajstić information content (AvgIpc) is 2.61. The number of rotatable bonds is 4. The zero-order valence-corrected chi connectivity index (χ0v) is 9.27. The van der Waals surface area contributed by atoms with Crippen LogP contribution in [0.1, 0.15) is 11.1 Å². The van der Waals surface area contributed by atoms with Crippen LogP contribution >= 0.6 is 0 Å². The van der Waals surface area contributed by atoms with Gasteiger partial charge in [-0.25, -0.2) is 0 Å². The fourth-order valence-electron chi connectivity index (χ4n) is 2.08. The number of anilines is 1. The number of methoxy groups -OCH3 is 1. The third-order valence-electron chi connectivity index (χ3n) is 2.78. The Morgan fingerprint density at radius 2 is 2.38 bits per heavy atom. The van der Waals surface area contributed by atoms with Crippen LogP contribution in [0.15, 0.2) is 18.2 Å². The first-order valence-electron chi connectivity index (χ1n) is 5.28. The predicted molar refractivity (Wildman–Crippen MR) is 60.7 cm³/mol. The van der Waals surface area contributed by atoms with Gasteiger partial charge in [0.15, 0.2) is 0 Å². The van der Waals surface area contributed by atoms with Crippen molar-refractivity contribution in [2.75, 3.05) is 25.1 Å². The lowest BCUT2D eigenvalue weighted by atomic mass is 10.1. The summed E-state index contributed by atoms with van der Waals surface area (Å²) in [6.07, 6.45) is 0.926. The van der Waals surface area contributed by atoms with Gasteiger partial charge in [-0.2, -0.15) is 0 Å². The molecule has 0 unspecified atom stereocenters. The molecule has 0 saturated carbocycles. The van der Waals surface area contributed by atoms with E-state index in [-0.39, 0.29) is 6.54 Å². The van der Waals surface area contributed by atoms with Crippen LogP contribution in [-0.2, 0) is 22.6 Å². The minimum Gasteiger partial charge on any atom is -0.480 e. The predicted octanol–water partition coefficient (Wildman–Crippen LogP) is 1.28. The van der Waals surface area contributed by atoms with E-state index in [4.69, 9.17) is 9.84 Å². The maximum absolute atomic E-state index is 10.7. The molecule has 0 spiro atoms. The SMILES string of the molecule is COCc1ccc2c(c1)N(CC(=O)O)CC2. The van der Waals surface area contributed by atoms with E-state index in [9.17, 15) is 4.79 Å². The summed E-state index contributed by atoms with van der Waals surface area (Å²) in [7, 11) is 1.66. The maximum atomic E-state index is 10.7. The quantitative estimate of drug-likeness (QED) is 0.832. The van der Waals surface area contributed by atoms with Gasteiger partial charge in [-0.3, -0.25) is 4.79 Å². The second-order valence-corrected chi connectivity index (χ2v) is 3.96. The summed E-state index contributed by atoms with van der Waals surface area (Å²) >= 11 is 0. The van der Waals surface area contributed by atoms with E-state index < -0.39 is 5.97 Å². The van der Waals surface area contributed by atoms with Gasteiger partial charge < -0.3 is 14.7 Å². The van der Waals surface area contributed by atoms with E-state index in [1.165, 1.54) is 5.56 Å². The summed E-state index contributed by atoms with van der Waals surface area (Å²) in [5.74, 6) is -0.787. The van der Waals surface area contributed by atoms with Crippen molar-refractivity contribution in [3.63, 3.8) is 0 Å². The Hall–Kier alpha value is -1.55. The molecule has 1 aliphatic rings. The fraction of sp³-hybridized carbons (Fsp3) is 0.417. The summed E-state index contributed by atoms with van der Waals surface area (Å²) in [5.41, 5.74) is 3.34. The normalized spacial score (nSPS) is 13.9. The number of benzene rings is 1. The van der Waals surface area contributed by atoms with Crippen molar-refractivity contribution < 1.29 is 14.6 Å². The Balaban J connectivity index is 2.22. The number of carboxylic acids is 1. The molecule has 0 amide bonds. The first-order chi connectivity index (χ1) is 7.70. The van der Waals surface area contributed by atoms with Gasteiger partial charge in [0.25, 0.3) is 0 Å². The van der Waals surface area contributed by atoms with Crippen LogP contribution in [0.25, 0.3) is 0 Å². The van der Waals surface area contributed by atoms with E-state index in [2.05, 4.69) is 6.07 Å². The molecule has 2 rings (SSSR count). The minimum atomic E-state index is -0.787. The molecule has 0 aliphatic carbocycles. The number of carboxylic acid groups (broad SMARTS) is 1. The molecule has 4 heteroatoms. The summed E-state index contributed by atoms with van der Waals surface area (Å²) in [6.45, 7) is 1.43. The summed E-state index contributed by atoms with van der Waals surface area (Å²) in [5, 5.41) is 8.81. The van der Waals surface area contributed by atoms with Crippen LogP contribution in [0.5, 0.6) is 0 Å². The van der Waals surface area contributed by atoms with Crippen LogP contribution in [0, 0.1) is 0 Å². The van der Waals surface area contributed by atoms with E-state index >= 15 is 0 Å². The number of ether oxygens (including phenoxy) is 1. The molecule has 0 saturated heterocycles. The molecular weight excluding hydrogens is 206 g/mol. The van der Waals surface area contributed by atoms with Gasteiger partial charge >= 0.3 is 5.97 Å². The highest BCUT2D eigenvalue weighted by molar-refractivity contribution is 5.75. The molecule has 0 bridgehead atoms. The van der Waals surface area contributed by atoms with Crippen LogP contribution in [0.2, 0.25) is 0 Å².